The van der Waals surface area contributed by atoms with Crippen molar-refractivity contribution in [2.24, 2.45) is 22.8 Å². The first-order chi connectivity index (χ1) is 9.92. The second-order valence-corrected chi connectivity index (χ2v) is 4.83. The molecule has 7 nitrogen and oxygen atoms in total. The van der Waals surface area contributed by atoms with Gasteiger partial charge in [0.25, 0.3) is 0 Å². The van der Waals surface area contributed by atoms with Crippen molar-refractivity contribution in [3.8, 4) is 0 Å². The Kier molecular flexibility index (Phi) is 5.52. The molecule has 21 heavy (non-hydrogen) atoms. The molecule has 0 amide bonds. The molecule has 1 saturated carbocycles. The SMILES string of the molecule is COC(=O)C1CC(C(=O)OC)(/C(N)=C/C=C\N)CCC1=O. The van der Waals surface area contributed by atoms with Crippen molar-refractivity contribution in [3.63, 3.8) is 0 Å². The molecule has 0 saturated heterocycles. The van der Waals surface area contributed by atoms with Crippen molar-refractivity contribution in [2.75, 3.05) is 14.2 Å². The van der Waals surface area contributed by atoms with E-state index in [1.165, 1.54) is 32.6 Å². The molecule has 0 aromatic rings. The zero-order chi connectivity index (χ0) is 16.0. The number of esters is 2. The van der Waals surface area contributed by atoms with Crippen LogP contribution in [-0.2, 0) is 23.9 Å². The zero-order valence-corrected chi connectivity index (χ0v) is 12.1. The molecule has 2 unspecified atom stereocenters. The summed E-state index contributed by atoms with van der Waals surface area (Å²) in [4.78, 5) is 35.8. The number of hydrogen-bond donors (Lipinski definition) is 2. The summed E-state index contributed by atoms with van der Waals surface area (Å²) in [7, 11) is 2.43. The van der Waals surface area contributed by atoms with Crippen molar-refractivity contribution < 1.29 is 23.9 Å². The monoisotopic (exact) mass is 296 g/mol. The first-order valence-corrected chi connectivity index (χ1v) is 6.46. The molecule has 0 aliphatic heterocycles. The lowest BCUT2D eigenvalue weighted by molar-refractivity contribution is -0.159. The van der Waals surface area contributed by atoms with Gasteiger partial charge in [0.2, 0.25) is 0 Å². The van der Waals surface area contributed by atoms with Gasteiger partial charge < -0.3 is 20.9 Å². The number of carbonyl (C=O) groups excluding carboxylic acids is 3. The Labute approximate surface area is 122 Å². The molecule has 0 bridgehead atoms. The second-order valence-electron chi connectivity index (χ2n) is 4.83. The summed E-state index contributed by atoms with van der Waals surface area (Å²) in [5.41, 5.74) is 10.2. The Morgan fingerprint density at radius 3 is 2.52 bits per heavy atom. The Bertz CT molecular complexity index is 490. The number of nitrogens with two attached hydrogens (primary N) is 2. The van der Waals surface area contributed by atoms with Crippen LogP contribution in [0.25, 0.3) is 0 Å². The first kappa shape index (κ1) is 16.7. The van der Waals surface area contributed by atoms with E-state index in [4.69, 9.17) is 16.2 Å². The normalized spacial score (nSPS) is 26.7. The molecule has 116 valence electrons. The molecule has 2 atom stereocenters. The van der Waals surface area contributed by atoms with Gasteiger partial charge in [-0.1, -0.05) is 0 Å². The summed E-state index contributed by atoms with van der Waals surface area (Å²) in [5, 5.41) is 0. The van der Waals surface area contributed by atoms with Gasteiger partial charge in [0.15, 0.2) is 0 Å². The molecule has 0 aromatic heterocycles. The van der Waals surface area contributed by atoms with Crippen molar-refractivity contribution in [1.82, 2.24) is 0 Å². The van der Waals surface area contributed by atoms with E-state index < -0.39 is 23.3 Å². The lowest BCUT2D eigenvalue weighted by Gasteiger charge is -2.37. The number of rotatable bonds is 4. The van der Waals surface area contributed by atoms with Gasteiger partial charge in [-0.25, -0.2) is 0 Å². The van der Waals surface area contributed by atoms with Gasteiger partial charge in [0.1, 0.15) is 17.1 Å². The Hall–Kier alpha value is -2.31. The minimum atomic E-state index is -1.22. The standard InChI is InChI=1S/C14H20N2O5/c1-20-12(18)9-8-14(13(19)21-2,6-5-10(9)17)11(16)4-3-7-15/h3-4,7,9H,5-6,8,15-16H2,1-2H3/b7-3-,11-4-. The van der Waals surface area contributed by atoms with Gasteiger partial charge in [-0.05, 0) is 31.2 Å². The summed E-state index contributed by atoms with van der Waals surface area (Å²) in [6, 6.07) is 0. The van der Waals surface area contributed by atoms with E-state index in [1.807, 2.05) is 0 Å². The van der Waals surface area contributed by atoms with E-state index in [0.717, 1.165) is 0 Å². The summed E-state index contributed by atoms with van der Waals surface area (Å²) < 4.78 is 9.43. The van der Waals surface area contributed by atoms with Crippen LogP contribution in [-0.4, -0.2) is 31.9 Å². The highest BCUT2D eigenvalue weighted by molar-refractivity contribution is 6.01. The van der Waals surface area contributed by atoms with Gasteiger partial charge in [-0.3, -0.25) is 14.4 Å². The lowest BCUT2D eigenvalue weighted by Crippen LogP contribution is -2.46. The largest absolute Gasteiger partial charge is 0.468 e. The van der Waals surface area contributed by atoms with Crippen LogP contribution < -0.4 is 11.5 Å². The number of methoxy groups -OCH3 is 2. The van der Waals surface area contributed by atoms with Crippen LogP contribution in [0.2, 0.25) is 0 Å². The van der Waals surface area contributed by atoms with Crippen molar-refractivity contribution in [3.05, 3.63) is 24.0 Å². The lowest BCUT2D eigenvalue weighted by atomic mass is 9.67. The van der Waals surface area contributed by atoms with Gasteiger partial charge in [-0.2, -0.15) is 0 Å². The van der Waals surface area contributed by atoms with Crippen LogP contribution in [0, 0.1) is 11.3 Å². The van der Waals surface area contributed by atoms with Crippen molar-refractivity contribution >= 4 is 17.7 Å². The number of ether oxygens (including phenoxy) is 2. The highest BCUT2D eigenvalue weighted by Crippen LogP contribution is 2.43. The molecular weight excluding hydrogens is 276 g/mol. The van der Waals surface area contributed by atoms with Crippen LogP contribution in [0.3, 0.4) is 0 Å². The fourth-order valence-corrected chi connectivity index (χ4v) is 2.51. The third-order valence-electron chi connectivity index (χ3n) is 3.74. The Balaban J connectivity index is 3.23. The maximum Gasteiger partial charge on any atom is 0.317 e. The average Bonchev–Trinajstić information content (AvgIpc) is 2.51. The van der Waals surface area contributed by atoms with Crippen molar-refractivity contribution in [1.29, 1.82) is 0 Å². The summed E-state index contributed by atoms with van der Waals surface area (Å²) >= 11 is 0. The fraction of sp³-hybridized carbons (Fsp3) is 0.500. The number of hydrogen-bond acceptors (Lipinski definition) is 7. The third kappa shape index (κ3) is 3.24. The quantitative estimate of drug-likeness (QED) is 0.425. The van der Waals surface area contributed by atoms with E-state index in [2.05, 4.69) is 4.74 Å². The highest BCUT2D eigenvalue weighted by Gasteiger charge is 2.50. The number of Topliss-reactive ketones (excluding diaryl/α,β-unsaturated/α-hetero) is 1. The molecule has 7 heteroatoms. The summed E-state index contributed by atoms with van der Waals surface area (Å²) in [5.74, 6) is -2.53. The van der Waals surface area contributed by atoms with Crippen LogP contribution in [0.15, 0.2) is 24.0 Å². The first-order valence-electron chi connectivity index (χ1n) is 6.46. The molecule has 1 fully saturated rings. The highest BCUT2D eigenvalue weighted by atomic mass is 16.5. The minimum absolute atomic E-state index is 0.0513. The smallest absolute Gasteiger partial charge is 0.317 e. The molecule has 1 aliphatic rings. The van der Waals surface area contributed by atoms with Crippen molar-refractivity contribution in [2.45, 2.75) is 19.3 Å². The summed E-state index contributed by atoms with van der Waals surface area (Å²) in [6.07, 6.45) is 4.39. The molecule has 0 spiro atoms. The minimum Gasteiger partial charge on any atom is -0.468 e. The van der Waals surface area contributed by atoms with Gasteiger partial charge in [-0.15, -0.1) is 0 Å². The zero-order valence-electron chi connectivity index (χ0n) is 12.1. The van der Waals surface area contributed by atoms with Gasteiger partial charge in [0, 0.05) is 12.1 Å². The topological polar surface area (TPSA) is 122 Å². The predicted octanol–water partition coefficient (Wildman–Crippen LogP) is 0.00300. The number of carbonyl (C=O) groups is 3. The predicted molar refractivity (Wildman–Crippen MR) is 74.4 cm³/mol. The van der Waals surface area contributed by atoms with E-state index >= 15 is 0 Å². The Morgan fingerprint density at radius 2 is 2.00 bits per heavy atom. The molecule has 1 aliphatic carbocycles. The number of allylic oxidation sites excluding steroid dienone is 2. The van der Waals surface area contributed by atoms with E-state index in [0.29, 0.717) is 0 Å². The average molecular weight is 296 g/mol. The van der Waals surface area contributed by atoms with E-state index in [1.54, 1.807) is 0 Å². The van der Waals surface area contributed by atoms with Crippen LogP contribution in [0.5, 0.6) is 0 Å². The molecule has 0 aromatic carbocycles. The molecule has 0 radical (unpaired) electrons. The maximum absolute atomic E-state index is 12.2. The number of ketones is 1. The fourth-order valence-electron chi connectivity index (χ4n) is 2.51. The van der Waals surface area contributed by atoms with Gasteiger partial charge in [0.05, 0.1) is 14.2 Å². The van der Waals surface area contributed by atoms with E-state index in [-0.39, 0.29) is 30.7 Å². The molecule has 0 heterocycles. The molecule has 4 N–H and O–H groups in total. The summed E-state index contributed by atoms with van der Waals surface area (Å²) in [6.45, 7) is 0. The third-order valence-corrected chi connectivity index (χ3v) is 3.74. The van der Waals surface area contributed by atoms with Crippen LogP contribution in [0.1, 0.15) is 19.3 Å². The maximum atomic E-state index is 12.2. The molecular formula is C14H20N2O5. The second kappa shape index (κ2) is 6.92. The van der Waals surface area contributed by atoms with E-state index in [9.17, 15) is 14.4 Å². The Morgan fingerprint density at radius 1 is 1.33 bits per heavy atom. The van der Waals surface area contributed by atoms with Gasteiger partial charge >= 0.3 is 11.9 Å². The van der Waals surface area contributed by atoms with Crippen LogP contribution >= 0.6 is 0 Å². The molecule has 1 rings (SSSR count). The van der Waals surface area contributed by atoms with Crippen LogP contribution in [0.4, 0.5) is 0 Å².